The molecule has 26 heavy (non-hydrogen) atoms. The maximum atomic E-state index is 5.45. The highest BCUT2D eigenvalue weighted by Crippen LogP contribution is 2.31. The first kappa shape index (κ1) is 15.9. The molecule has 0 saturated heterocycles. The summed E-state index contributed by atoms with van der Waals surface area (Å²) in [4.78, 5) is 8.88. The number of anilines is 2. The minimum absolute atomic E-state index is 0.470. The van der Waals surface area contributed by atoms with Crippen molar-refractivity contribution in [1.82, 2.24) is 19.6 Å². The van der Waals surface area contributed by atoms with Crippen LogP contribution in [0.5, 0.6) is 11.5 Å². The minimum Gasteiger partial charge on any atom is -0.497 e. The van der Waals surface area contributed by atoms with E-state index >= 15 is 0 Å². The predicted octanol–water partition coefficient (Wildman–Crippen LogP) is 3.45. The van der Waals surface area contributed by atoms with Crippen LogP contribution in [0.2, 0.25) is 0 Å². The molecule has 0 aliphatic heterocycles. The normalized spacial score (nSPS) is 10.9. The lowest BCUT2D eigenvalue weighted by molar-refractivity contribution is 0.395. The van der Waals surface area contributed by atoms with Crippen LogP contribution < -0.4 is 14.8 Å². The van der Waals surface area contributed by atoms with Gasteiger partial charge in [0, 0.05) is 17.8 Å². The summed E-state index contributed by atoms with van der Waals surface area (Å²) in [5.41, 5.74) is 1.58. The van der Waals surface area contributed by atoms with Crippen molar-refractivity contribution >= 4 is 17.3 Å². The van der Waals surface area contributed by atoms with E-state index in [0.29, 0.717) is 34.7 Å². The molecule has 0 aliphatic rings. The second kappa shape index (κ2) is 6.40. The lowest BCUT2D eigenvalue weighted by Gasteiger charge is -2.13. The highest BCUT2D eigenvalue weighted by Gasteiger charge is 2.14. The largest absolute Gasteiger partial charge is 0.497 e. The molecular weight excluding hydrogens is 334 g/mol. The van der Waals surface area contributed by atoms with E-state index < -0.39 is 0 Å². The van der Waals surface area contributed by atoms with Gasteiger partial charge in [-0.3, -0.25) is 0 Å². The number of aromatic nitrogens is 4. The third kappa shape index (κ3) is 2.81. The number of ether oxygens (including phenoxy) is 2. The van der Waals surface area contributed by atoms with E-state index in [2.05, 4.69) is 20.4 Å². The molecule has 0 amide bonds. The SMILES string of the molecule is COc1ccc(Nc2cc(C)nc3nc(-c4ccco4)nn23)c(OC)c1. The zero-order chi connectivity index (χ0) is 18.1. The van der Waals surface area contributed by atoms with Gasteiger partial charge in [-0.2, -0.15) is 9.50 Å². The molecule has 0 aliphatic carbocycles. The van der Waals surface area contributed by atoms with Crippen molar-refractivity contribution in [3.63, 3.8) is 0 Å². The summed E-state index contributed by atoms with van der Waals surface area (Å²) in [6, 6.07) is 11.0. The number of nitrogens with zero attached hydrogens (tertiary/aromatic N) is 4. The standard InChI is InChI=1S/C18H17N5O3/c1-11-9-16(20-13-7-6-12(24-2)10-15(13)25-3)23-18(19-11)21-17(22-23)14-5-4-8-26-14/h4-10,20H,1-3H3. The molecule has 4 rings (SSSR count). The maximum absolute atomic E-state index is 5.45. The van der Waals surface area contributed by atoms with Gasteiger partial charge in [0.15, 0.2) is 5.76 Å². The fraction of sp³-hybridized carbons (Fsp3) is 0.167. The fourth-order valence-corrected chi connectivity index (χ4v) is 2.63. The first-order chi connectivity index (χ1) is 12.7. The summed E-state index contributed by atoms with van der Waals surface area (Å²) >= 11 is 0. The van der Waals surface area contributed by atoms with E-state index in [1.54, 1.807) is 37.1 Å². The summed E-state index contributed by atoms with van der Waals surface area (Å²) in [5.74, 6) is 3.61. The van der Waals surface area contributed by atoms with E-state index in [9.17, 15) is 0 Å². The third-order valence-electron chi connectivity index (χ3n) is 3.85. The molecule has 3 aromatic heterocycles. The van der Waals surface area contributed by atoms with Crippen molar-refractivity contribution in [2.45, 2.75) is 6.92 Å². The summed E-state index contributed by atoms with van der Waals surface area (Å²) in [6.45, 7) is 1.90. The molecule has 0 atom stereocenters. The molecule has 0 saturated carbocycles. The number of rotatable bonds is 5. The predicted molar refractivity (Wildman–Crippen MR) is 96.0 cm³/mol. The van der Waals surface area contributed by atoms with Gasteiger partial charge in [-0.25, -0.2) is 4.98 Å². The zero-order valence-electron chi connectivity index (χ0n) is 14.6. The highest BCUT2D eigenvalue weighted by molar-refractivity contribution is 5.67. The number of furan rings is 1. The van der Waals surface area contributed by atoms with Gasteiger partial charge in [0.25, 0.3) is 5.78 Å². The number of nitrogens with one attached hydrogen (secondary N) is 1. The van der Waals surface area contributed by atoms with Crippen LogP contribution in [-0.2, 0) is 0 Å². The van der Waals surface area contributed by atoms with Crippen molar-refractivity contribution in [3.8, 4) is 23.1 Å². The number of benzene rings is 1. The number of aryl methyl sites for hydroxylation is 1. The van der Waals surface area contributed by atoms with Gasteiger partial charge in [0.2, 0.25) is 5.82 Å². The Morgan fingerprint density at radius 1 is 1.08 bits per heavy atom. The van der Waals surface area contributed by atoms with Gasteiger partial charge in [-0.1, -0.05) is 0 Å². The van der Waals surface area contributed by atoms with Gasteiger partial charge < -0.3 is 19.2 Å². The van der Waals surface area contributed by atoms with E-state index in [0.717, 1.165) is 11.4 Å². The van der Waals surface area contributed by atoms with Crippen LogP contribution >= 0.6 is 0 Å². The van der Waals surface area contributed by atoms with Crippen LogP contribution in [0.25, 0.3) is 17.4 Å². The molecule has 8 heteroatoms. The Morgan fingerprint density at radius 2 is 1.96 bits per heavy atom. The Morgan fingerprint density at radius 3 is 2.69 bits per heavy atom. The number of fused-ring (bicyclic) bond motifs is 1. The molecule has 1 aromatic carbocycles. The van der Waals surface area contributed by atoms with Crippen LogP contribution in [0.3, 0.4) is 0 Å². The van der Waals surface area contributed by atoms with E-state index in [1.807, 2.05) is 31.2 Å². The Bertz CT molecular complexity index is 1060. The number of methoxy groups -OCH3 is 2. The van der Waals surface area contributed by atoms with E-state index in [1.165, 1.54) is 0 Å². The van der Waals surface area contributed by atoms with Crippen molar-refractivity contribution in [2.75, 3.05) is 19.5 Å². The second-order valence-corrected chi connectivity index (χ2v) is 5.60. The van der Waals surface area contributed by atoms with Gasteiger partial charge >= 0.3 is 0 Å². The van der Waals surface area contributed by atoms with Gasteiger partial charge in [-0.15, -0.1) is 5.10 Å². The third-order valence-corrected chi connectivity index (χ3v) is 3.85. The van der Waals surface area contributed by atoms with Gasteiger partial charge in [0.1, 0.15) is 17.3 Å². The summed E-state index contributed by atoms with van der Waals surface area (Å²) in [7, 11) is 3.22. The lowest BCUT2D eigenvalue weighted by Crippen LogP contribution is -2.04. The summed E-state index contributed by atoms with van der Waals surface area (Å²) < 4.78 is 17.7. The molecular formula is C18H17N5O3. The van der Waals surface area contributed by atoms with Crippen molar-refractivity contribution in [1.29, 1.82) is 0 Å². The van der Waals surface area contributed by atoms with E-state index in [4.69, 9.17) is 13.9 Å². The van der Waals surface area contributed by atoms with Crippen LogP contribution in [0.15, 0.2) is 47.1 Å². The molecule has 0 bridgehead atoms. The van der Waals surface area contributed by atoms with Gasteiger partial charge in [-0.05, 0) is 31.2 Å². The number of hydrogen-bond donors (Lipinski definition) is 1. The fourth-order valence-electron chi connectivity index (χ4n) is 2.63. The zero-order valence-corrected chi connectivity index (χ0v) is 14.6. The Labute approximate surface area is 149 Å². The molecule has 0 radical (unpaired) electrons. The maximum Gasteiger partial charge on any atom is 0.255 e. The Hall–Kier alpha value is -3.55. The summed E-state index contributed by atoms with van der Waals surface area (Å²) in [5, 5.41) is 7.83. The minimum atomic E-state index is 0.470. The van der Waals surface area contributed by atoms with Crippen LogP contribution in [0, 0.1) is 6.92 Å². The molecule has 4 aromatic rings. The van der Waals surface area contributed by atoms with Crippen molar-refractivity contribution < 1.29 is 13.9 Å². The molecule has 8 nitrogen and oxygen atoms in total. The first-order valence-electron chi connectivity index (χ1n) is 7.95. The van der Waals surface area contributed by atoms with Crippen molar-refractivity contribution in [2.24, 2.45) is 0 Å². The van der Waals surface area contributed by atoms with Crippen molar-refractivity contribution in [3.05, 3.63) is 48.4 Å². The molecule has 3 heterocycles. The van der Waals surface area contributed by atoms with Crippen LogP contribution in [-0.4, -0.2) is 33.8 Å². The first-order valence-corrected chi connectivity index (χ1v) is 7.95. The quantitative estimate of drug-likeness (QED) is 0.589. The van der Waals surface area contributed by atoms with Crippen LogP contribution in [0.1, 0.15) is 5.69 Å². The van der Waals surface area contributed by atoms with Crippen LogP contribution in [0.4, 0.5) is 11.5 Å². The van der Waals surface area contributed by atoms with Gasteiger partial charge in [0.05, 0.1) is 26.2 Å². The number of hydrogen-bond acceptors (Lipinski definition) is 7. The smallest absolute Gasteiger partial charge is 0.255 e. The molecule has 0 spiro atoms. The monoisotopic (exact) mass is 351 g/mol. The van der Waals surface area contributed by atoms with E-state index in [-0.39, 0.29) is 0 Å². The Balaban J connectivity index is 1.79. The Kier molecular flexibility index (Phi) is 3.92. The lowest BCUT2D eigenvalue weighted by atomic mass is 10.2. The molecule has 0 fully saturated rings. The topological polar surface area (TPSA) is 86.7 Å². The average molecular weight is 351 g/mol. The highest BCUT2D eigenvalue weighted by atomic mass is 16.5. The molecule has 0 unspecified atom stereocenters. The average Bonchev–Trinajstić information content (AvgIpc) is 3.31. The molecule has 132 valence electrons. The molecule has 1 N–H and O–H groups in total. The summed E-state index contributed by atoms with van der Waals surface area (Å²) in [6.07, 6.45) is 1.58. The second-order valence-electron chi connectivity index (χ2n) is 5.60.